The van der Waals surface area contributed by atoms with Crippen LogP contribution in [0.25, 0.3) is 0 Å². The van der Waals surface area contributed by atoms with Gasteiger partial charge < -0.3 is 15.0 Å². The van der Waals surface area contributed by atoms with Gasteiger partial charge in [-0.3, -0.25) is 9.52 Å². The Bertz CT molecular complexity index is 926. The van der Waals surface area contributed by atoms with E-state index in [1.807, 2.05) is 0 Å². The molecule has 0 atom stereocenters. The molecule has 27 heavy (non-hydrogen) atoms. The molecule has 8 heteroatoms. The van der Waals surface area contributed by atoms with Crippen molar-refractivity contribution in [2.45, 2.75) is 18.2 Å². The minimum Gasteiger partial charge on any atom is -0.383 e. The molecule has 0 radical (unpaired) electrons. The lowest BCUT2D eigenvalue weighted by molar-refractivity contribution is -0.116. The first kappa shape index (κ1) is 19.2. The van der Waals surface area contributed by atoms with Gasteiger partial charge in [0.15, 0.2) is 0 Å². The summed E-state index contributed by atoms with van der Waals surface area (Å²) in [7, 11) is -2.07. The molecule has 1 heterocycles. The first-order chi connectivity index (χ1) is 12.9. The number of ether oxygens (including phenoxy) is 1. The van der Waals surface area contributed by atoms with Crippen LogP contribution in [0.2, 0.25) is 0 Å². The van der Waals surface area contributed by atoms with Crippen LogP contribution in [0.5, 0.6) is 0 Å². The minimum atomic E-state index is -3.70. The third-order valence-corrected chi connectivity index (χ3v) is 5.79. The SMILES string of the molecule is COCCNc1ccc(NS(=O)(=O)c2ccc3c(c2)CCN3C(C)=O)cc1. The van der Waals surface area contributed by atoms with Gasteiger partial charge in [0, 0.05) is 44.2 Å². The van der Waals surface area contributed by atoms with Crippen molar-refractivity contribution in [3.05, 3.63) is 48.0 Å². The number of nitrogens with one attached hydrogen (secondary N) is 2. The van der Waals surface area contributed by atoms with Crippen LogP contribution in [-0.2, 0) is 26.0 Å². The second kappa shape index (κ2) is 7.98. The lowest BCUT2D eigenvalue weighted by Gasteiger charge is -2.15. The van der Waals surface area contributed by atoms with Gasteiger partial charge in [0.25, 0.3) is 10.0 Å². The fourth-order valence-electron chi connectivity index (χ4n) is 3.04. The molecule has 0 saturated heterocycles. The van der Waals surface area contributed by atoms with Crippen LogP contribution in [0.4, 0.5) is 17.1 Å². The monoisotopic (exact) mass is 389 g/mol. The number of anilines is 3. The largest absolute Gasteiger partial charge is 0.383 e. The highest BCUT2D eigenvalue weighted by molar-refractivity contribution is 7.92. The number of carbonyl (C=O) groups excluding carboxylic acids is 1. The number of amides is 1. The number of hydrogen-bond acceptors (Lipinski definition) is 5. The van der Waals surface area contributed by atoms with E-state index in [-0.39, 0.29) is 10.8 Å². The Morgan fingerprint density at radius 1 is 1.15 bits per heavy atom. The maximum Gasteiger partial charge on any atom is 0.261 e. The quantitative estimate of drug-likeness (QED) is 0.710. The summed E-state index contributed by atoms with van der Waals surface area (Å²) in [5, 5.41) is 3.17. The molecule has 1 amide bonds. The molecule has 2 N–H and O–H groups in total. The third-order valence-electron chi connectivity index (χ3n) is 4.41. The molecule has 0 spiro atoms. The second-order valence-corrected chi connectivity index (χ2v) is 8.00. The van der Waals surface area contributed by atoms with Crippen molar-refractivity contribution in [2.24, 2.45) is 0 Å². The second-order valence-electron chi connectivity index (χ2n) is 6.31. The van der Waals surface area contributed by atoms with E-state index < -0.39 is 10.0 Å². The van der Waals surface area contributed by atoms with E-state index in [1.165, 1.54) is 13.0 Å². The van der Waals surface area contributed by atoms with Crippen LogP contribution in [0.1, 0.15) is 12.5 Å². The minimum absolute atomic E-state index is 0.0401. The van der Waals surface area contributed by atoms with E-state index in [0.717, 1.165) is 16.9 Å². The first-order valence-corrected chi connectivity index (χ1v) is 10.2. The van der Waals surface area contributed by atoms with Gasteiger partial charge in [-0.2, -0.15) is 0 Å². The van der Waals surface area contributed by atoms with Gasteiger partial charge >= 0.3 is 0 Å². The molecule has 2 aromatic rings. The summed E-state index contributed by atoms with van der Waals surface area (Å²) in [6.07, 6.45) is 0.653. The Labute approximate surface area is 159 Å². The number of methoxy groups -OCH3 is 1. The summed E-state index contributed by atoms with van der Waals surface area (Å²) in [6.45, 7) is 3.36. The number of benzene rings is 2. The summed E-state index contributed by atoms with van der Waals surface area (Å²) in [5.41, 5.74) is 3.02. The molecular formula is C19H23N3O4S. The van der Waals surface area contributed by atoms with Crippen molar-refractivity contribution in [2.75, 3.05) is 41.7 Å². The number of fused-ring (bicyclic) bond motifs is 1. The molecule has 1 aliphatic rings. The summed E-state index contributed by atoms with van der Waals surface area (Å²) >= 11 is 0. The predicted octanol–water partition coefficient (Wildman–Crippen LogP) is 2.45. The average molecular weight is 389 g/mol. The highest BCUT2D eigenvalue weighted by Crippen LogP contribution is 2.30. The highest BCUT2D eigenvalue weighted by Gasteiger charge is 2.24. The maximum atomic E-state index is 12.7. The zero-order chi connectivity index (χ0) is 19.4. The van der Waals surface area contributed by atoms with Crippen molar-refractivity contribution in [1.82, 2.24) is 0 Å². The molecule has 1 aliphatic heterocycles. The fraction of sp³-hybridized carbons (Fsp3) is 0.316. The smallest absolute Gasteiger partial charge is 0.261 e. The topological polar surface area (TPSA) is 87.7 Å². The van der Waals surface area contributed by atoms with E-state index in [0.29, 0.717) is 31.8 Å². The maximum absolute atomic E-state index is 12.7. The van der Waals surface area contributed by atoms with Gasteiger partial charge in [-0.15, -0.1) is 0 Å². The summed E-state index contributed by atoms with van der Waals surface area (Å²) < 4.78 is 32.9. The zero-order valence-electron chi connectivity index (χ0n) is 15.4. The predicted molar refractivity (Wildman–Crippen MR) is 106 cm³/mol. The Balaban J connectivity index is 1.73. The van der Waals surface area contributed by atoms with Crippen LogP contribution >= 0.6 is 0 Å². The number of hydrogen-bond donors (Lipinski definition) is 2. The summed E-state index contributed by atoms with van der Waals surface area (Å²) in [5.74, 6) is -0.0401. The standard InChI is InChI=1S/C19H23N3O4S/c1-14(23)22-11-9-15-13-18(7-8-19(15)22)27(24,25)21-17-5-3-16(4-6-17)20-10-12-26-2/h3-8,13,20-21H,9-12H2,1-2H3. The van der Waals surface area contributed by atoms with Gasteiger partial charge in [-0.25, -0.2) is 8.42 Å². The Hall–Kier alpha value is -2.58. The normalized spacial score (nSPS) is 13.3. The van der Waals surface area contributed by atoms with Crippen LogP contribution in [0, 0.1) is 0 Å². The van der Waals surface area contributed by atoms with Gasteiger partial charge in [0.2, 0.25) is 5.91 Å². The van der Waals surface area contributed by atoms with Gasteiger partial charge in [-0.05, 0) is 54.4 Å². The molecular weight excluding hydrogens is 366 g/mol. The van der Waals surface area contributed by atoms with Crippen molar-refractivity contribution >= 4 is 33.0 Å². The van der Waals surface area contributed by atoms with E-state index in [2.05, 4.69) is 10.0 Å². The van der Waals surface area contributed by atoms with Crippen molar-refractivity contribution in [3.8, 4) is 0 Å². The molecule has 0 aromatic heterocycles. The highest BCUT2D eigenvalue weighted by atomic mass is 32.2. The van der Waals surface area contributed by atoms with Crippen LogP contribution in [-0.4, -0.2) is 41.1 Å². The molecule has 0 saturated carbocycles. The molecule has 7 nitrogen and oxygen atoms in total. The molecule has 0 unspecified atom stereocenters. The van der Waals surface area contributed by atoms with Crippen LogP contribution in [0.3, 0.4) is 0 Å². The van der Waals surface area contributed by atoms with Crippen molar-refractivity contribution in [3.63, 3.8) is 0 Å². The third kappa shape index (κ3) is 4.40. The number of nitrogens with zero attached hydrogens (tertiary/aromatic N) is 1. The number of sulfonamides is 1. The Morgan fingerprint density at radius 2 is 1.85 bits per heavy atom. The van der Waals surface area contributed by atoms with Gasteiger partial charge in [0.05, 0.1) is 11.5 Å². The lowest BCUT2D eigenvalue weighted by Crippen LogP contribution is -2.25. The molecule has 0 aliphatic carbocycles. The summed E-state index contributed by atoms with van der Waals surface area (Å²) in [4.78, 5) is 13.5. The van der Waals surface area contributed by atoms with Crippen LogP contribution < -0.4 is 14.9 Å². The summed E-state index contributed by atoms with van der Waals surface area (Å²) in [6, 6.07) is 11.9. The van der Waals surface area contributed by atoms with Crippen LogP contribution in [0.15, 0.2) is 47.4 Å². The van der Waals surface area contributed by atoms with E-state index in [4.69, 9.17) is 4.74 Å². The van der Waals surface area contributed by atoms with E-state index in [9.17, 15) is 13.2 Å². The number of rotatable bonds is 7. The lowest BCUT2D eigenvalue weighted by atomic mass is 10.2. The Kier molecular flexibility index (Phi) is 5.67. The number of carbonyl (C=O) groups is 1. The molecule has 0 fully saturated rings. The van der Waals surface area contributed by atoms with Crippen molar-refractivity contribution in [1.29, 1.82) is 0 Å². The molecule has 144 valence electrons. The Morgan fingerprint density at radius 3 is 2.52 bits per heavy atom. The molecule has 0 bridgehead atoms. The molecule has 3 rings (SSSR count). The molecule has 2 aromatic carbocycles. The van der Waals surface area contributed by atoms with E-state index in [1.54, 1.807) is 48.4 Å². The average Bonchev–Trinajstić information content (AvgIpc) is 3.06. The zero-order valence-corrected chi connectivity index (χ0v) is 16.2. The first-order valence-electron chi connectivity index (χ1n) is 8.67. The fourth-order valence-corrected chi connectivity index (χ4v) is 4.15. The van der Waals surface area contributed by atoms with Gasteiger partial charge in [-0.1, -0.05) is 0 Å². The van der Waals surface area contributed by atoms with E-state index >= 15 is 0 Å². The van der Waals surface area contributed by atoms with Crippen molar-refractivity contribution < 1.29 is 17.9 Å². The van der Waals surface area contributed by atoms with Gasteiger partial charge in [0.1, 0.15) is 0 Å².